The Bertz CT molecular complexity index is 428. The highest BCUT2D eigenvalue weighted by molar-refractivity contribution is 5.27. The van der Waals surface area contributed by atoms with Gasteiger partial charge in [-0.25, -0.2) is 0 Å². The molecule has 2 saturated heterocycles. The van der Waals surface area contributed by atoms with Crippen LogP contribution >= 0.6 is 0 Å². The fourth-order valence-corrected chi connectivity index (χ4v) is 3.43. The number of rotatable bonds is 6. The predicted molar refractivity (Wildman–Crippen MR) is 85.5 cm³/mol. The summed E-state index contributed by atoms with van der Waals surface area (Å²) >= 11 is 0. The monoisotopic (exact) mass is 289 g/mol. The van der Waals surface area contributed by atoms with Crippen molar-refractivity contribution >= 4 is 0 Å². The molecule has 116 valence electrons. The molecule has 1 atom stereocenters. The van der Waals surface area contributed by atoms with Crippen LogP contribution in [0.4, 0.5) is 0 Å². The summed E-state index contributed by atoms with van der Waals surface area (Å²) in [7, 11) is 0. The predicted octanol–water partition coefficient (Wildman–Crippen LogP) is 1.69. The molecule has 2 N–H and O–H groups in total. The SMILES string of the molecule is NCc1ccc(OCCN2CCC(N3CCCC3)C2)cc1. The molecule has 0 bridgehead atoms. The van der Waals surface area contributed by atoms with E-state index in [-0.39, 0.29) is 0 Å². The topological polar surface area (TPSA) is 41.7 Å². The first kappa shape index (κ1) is 14.8. The van der Waals surface area contributed by atoms with Crippen LogP contribution in [0.2, 0.25) is 0 Å². The molecule has 2 aliphatic rings. The number of nitrogens with two attached hydrogens (primary N) is 1. The van der Waals surface area contributed by atoms with Gasteiger partial charge in [0.25, 0.3) is 0 Å². The second-order valence-corrected chi connectivity index (χ2v) is 6.18. The molecule has 21 heavy (non-hydrogen) atoms. The highest BCUT2D eigenvalue weighted by Crippen LogP contribution is 2.20. The molecule has 0 spiro atoms. The summed E-state index contributed by atoms with van der Waals surface area (Å²) in [6, 6.07) is 8.89. The molecule has 2 aliphatic heterocycles. The first-order chi connectivity index (χ1) is 10.3. The molecule has 0 aliphatic carbocycles. The second kappa shape index (κ2) is 7.25. The summed E-state index contributed by atoms with van der Waals surface area (Å²) in [6.07, 6.45) is 4.10. The Balaban J connectivity index is 1.37. The van der Waals surface area contributed by atoms with Crippen LogP contribution in [0.3, 0.4) is 0 Å². The van der Waals surface area contributed by atoms with Gasteiger partial charge in [-0.1, -0.05) is 12.1 Å². The highest BCUT2D eigenvalue weighted by Gasteiger charge is 2.28. The van der Waals surface area contributed by atoms with Gasteiger partial charge in [-0.05, 0) is 56.6 Å². The van der Waals surface area contributed by atoms with Crippen LogP contribution in [0, 0.1) is 0 Å². The Morgan fingerprint density at radius 3 is 2.57 bits per heavy atom. The third-order valence-corrected chi connectivity index (χ3v) is 4.74. The fraction of sp³-hybridized carbons (Fsp3) is 0.647. The van der Waals surface area contributed by atoms with Gasteiger partial charge in [0, 0.05) is 25.7 Å². The highest BCUT2D eigenvalue weighted by atomic mass is 16.5. The maximum absolute atomic E-state index is 5.83. The van der Waals surface area contributed by atoms with E-state index in [1.54, 1.807) is 0 Å². The zero-order chi connectivity index (χ0) is 14.5. The van der Waals surface area contributed by atoms with Gasteiger partial charge in [-0.2, -0.15) is 0 Å². The summed E-state index contributed by atoms with van der Waals surface area (Å²) in [4.78, 5) is 5.21. The first-order valence-corrected chi connectivity index (χ1v) is 8.23. The maximum Gasteiger partial charge on any atom is 0.119 e. The molecule has 3 rings (SSSR count). The van der Waals surface area contributed by atoms with Crippen LogP contribution in [0.15, 0.2) is 24.3 Å². The number of hydrogen-bond donors (Lipinski definition) is 1. The number of likely N-dealkylation sites (tertiary alicyclic amines) is 2. The van der Waals surface area contributed by atoms with E-state index in [2.05, 4.69) is 9.80 Å². The molecule has 1 aromatic rings. The van der Waals surface area contributed by atoms with Crippen molar-refractivity contribution in [2.24, 2.45) is 5.73 Å². The number of nitrogens with zero attached hydrogens (tertiary/aromatic N) is 2. The Morgan fingerprint density at radius 1 is 1.10 bits per heavy atom. The first-order valence-electron chi connectivity index (χ1n) is 8.23. The fourth-order valence-electron chi connectivity index (χ4n) is 3.43. The van der Waals surface area contributed by atoms with Gasteiger partial charge in [0.1, 0.15) is 12.4 Å². The van der Waals surface area contributed by atoms with Crippen LogP contribution in [0.1, 0.15) is 24.8 Å². The van der Waals surface area contributed by atoms with Crippen molar-refractivity contribution in [1.29, 1.82) is 0 Å². The van der Waals surface area contributed by atoms with Gasteiger partial charge >= 0.3 is 0 Å². The second-order valence-electron chi connectivity index (χ2n) is 6.18. The van der Waals surface area contributed by atoms with Gasteiger partial charge in [-0.15, -0.1) is 0 Å². The lowest BCUT2D eigenvalue weighted by Crippen LogP contribution is -2.36. The van der Waals surface area contributed by atoms with Crippen molar-refractivity contribution in [3.8, 4) is 5.75 Å². The average molecular weight is 289 g/mol. The third kappa shape index (κ3) is 3.96. The summed E-state index contributed by atoms with van der Waals surface area (Å²) < 4.78 is 5.83. The van der Waals surface area contributed by atoms with Gasteiger partial charge in [0.15, 0.2) is 0 Å². The van der Waals surface area contributed by atoms with Crippen LogP contribution in [-0.4, -0.2) is 55.2 Å². The Morgan fingerprint density at radius 2 is 1.86 bits per heavy atom. The minimum absolute atomic E-state index is 0.589. The van der Waals surface area contributed by atoms with Crippen molar-refractivity contribution in [3.63, 3.8) is 0 Å². The smallest absolute Gasteiger partial charge is 0.119 e. The molecule has 1 aromatic carbocycles. The van der Waals surface area contributed by atoms with Gasteiger partial charge in [0.05, 0.1) is 0 Å². The quantitative estimate of drug-likeness (QED) is 0.865. The molecule has 2 fully saturated rings. The van der Waals surface area contributed by atoms with E-state index in [0.29, 0.717) is 6.54 Å². The van der Waals surface area contributed by atoms with E-state index in [9.17, 15) is 0 Å². The van der Waals surface area contributed by atoms with E-state index in [1.807, 2.05) is 24.3 Å². The minimum atomic E-state index is 0.589. The van der Waals surface area contributed by atoms with E-state index in [1.165, 1.54) is 45.4 Å². The van der Waals surface area contributed by atoms with Crippen LogP contribution < -0.4 is 10.5 Å². The lowest BCUT2D eigenvalue weighted by atomic mass is 10.2. The molecule has 0 amide bonds. The van der Waals surface area contributed by atoms with Crippen LogP contribution in [-0.2, 0) is 6.54 Å². The minimum Gasteiger partial charge on any atom is -0.492 e. The van der Waals surface area contributed by atoms with Crippen molar-refractivity contribution < 1.29 is 4.74 Å². The summed E-state index contributed by atoms with van der Waals surface area (Å²) in [5.41, 5.74) is 6.74. The lowest BCUT2D eigenvalue weighted by molar-refractivity contribution is 0.207. The molecular weight excluding hydrogens is 262 g/mol. The Hall–Kier alpha value is -1.10. The van der Waals surface area contributed by atoms with Gasteiger partial charge in [0.2, 0.25) is 0 Å². The average Bonchev–Trinajstić information content (AvgIpc) is 3.19. The molecule has 0 aromatic heterocycles. The Labute approximate surface area is 127 Å². The van der Waals surface area contributed by atoms with Gasteiger partial charge in [-0.3, -0.25) is 9.80 Å². The standard InChI is InChI=1S/C17H27N3O/c18-13-15-3-5-17(6-4-15)21-12-11-19-10-7-16(14-19)20-8-1-2-9-20/h3-6,16H,1-2,7-14,18H2. The zero-order valence-electron chi connectivity index (χ0n) is 12.8. The van der Waals surface area contributed by atoms with Crippen LogP contribution in [0.25, 0.3) is 0 Å². The van der Waals surface area contributed by atoms with E-state index in [0.717, 1.165) is 30.5 Å². The van der Waals surface area contributed by atoms with E-state index in [4.69, 9.17) is 10.5 Å². The van der Waals surface area contributed by atoms with Crippen molar-refractivity contribution in [2.75, 3.05) is 39.3 Å². The normalized spacial score (nSPS) is 23.8. The summed E-state index contributed by atoms with van der Waals surface area (Å²) in [6.45, 7) is 7.45. The third-order valence-electron chi connectivity index (χ3n) is 4.74. The largest absolute Gasteiger partial charge is 0.492 e. The van der Waals surface area contributed by atoms with E-state index >= 15 is 0 Å². The molecule has 4 nitrogen and oxygen atoms in total. The van der Waals surface area contributed by atoms with Crippen molar-refractivity contribution in [3.05, 3.63) is 29.8 Å². The number of hydrogen-bond acceptors (Lipinski definition) is 4. The van der Waals surface area contributed by atoms with Crippen molar-refractivity contribution in [1.82, 2.24) is 9.80 Å². The van der Waals surface area contributed by atoms with Crippen molar-refractivity contribution in [2.45, 2.75) is 31.8 Å². The summed E-state index contributed by atoms with van der Waals surface area (Å²) in [5, 5.41) is 0. The van der Waals surface area contributed by atoms with Crippen LogP contribution in [0.5, 0.6) is 5.75 Å². The summed E-state index contributed by atoms with van der Waals surface area (Å²) in [5.74, 6) is 0.947. The van der Waals surface area contributed by atoms with E-state index < -0.39 is 0 Å². The maximum atomic E-state index is 5.83. The number of ether oxygens (including phenoxy) is 1. The van der Waals surface area contributed by atoms with Gasteiger partial charge < -0.3 is 10.5 Å². The number of benzene rings is 1. The Kier molecular flexibility index (Phi) is 5.12. The molecule has 4 heteroatoms. The molecule has 2 heterocycles. The molecule has 0 radical (unpaired) electrons. The lowest BCUT2D eigenvalue weighted by Gasteiger charge is -2.23. The molecule has 1 unspecified atom stereocenters. The zero-order valence-corrected chi connectivity index (χ0v) is 12.8. The molecular formula is C17H27N3O. The molecule has 0 saturated carbocycles.